The lowest BCUT2D eigenvalue weighted by Crippen LogP contribution is -2.43. The molecule has 0 aliphatic carbocycles. The van der Waals surface area contributed by atoms with Gasteiger partial charge in [0, 0.05) is 24.8 Å². The van der Waals surface area contributed by atoms with Gasteiger partial charge in [0.25, 0.3) is 0 Å². The van der Waals surface area contributed by atoms with E-state index >= 15 is 0 Å². The van der Waals surface area contributed by atoms with Crippen LogP contribution in [0.15, 0.2) is 30.3 Å². The number of hydrogen-bond donors (Lipinski definition) is 1. The van der Waals surface area contributed by atoms with Crippen LogP contribution >= 0.6 is 0 Å². The first-order valence-corrected chi connectivity index (χ1v) is 7.42. The maximum atomic E-state index is 11.6. The van der Waals surface area contributed by atoms with Gasteiger partial charge in [-0.2, -0.15) is 0 Å². The molecular formula is C16H27N3O. The Bertz CT molecular complexity index is 392. The van der Waals surface area contributed by atoms with Crippen molar-refractivity contribution < 1.29 is 4.79 Å². The van der Waals surface area contributed by atoms with Crippen LogP contribution in [0.5, 0.6) is 0 Å². The van der Waals surface area contributed by atoms with E-state index in [1.165, 1.54) is 12.8 Å². The standard InChI is InChI=1S/C16H27N3O/c1-4-5-11-18(14(2)3)12-13-19(16(17)20)15-9-7-6-8-10-15/h6-10,14H,4-5,11-13H2,1-3H3,(H2,17,20). The fourth-order valence-corrected chi connectivity index (χ4v) is 2.19. The van der Waals surface area contributed by atoms with Crippen LogP contribution in [0.1, 0.15) is 33.6 Å². The summed E-state index contributed by atoms with van der Waals surface area (Å²) in [6, 6.07) is 9.69. The van der Waals surface area contributed by atoms with Crippen molar-refractivity contribution in [3.05, 3.63) is 30.3 Å². The predicted octanol–water partition coefficient (Wildman–Crippen LogP) is 3.08. The molecule has 2 amide bonds. The molecular weight excluding hydrogens is 250 g/mol. The van der Waals surface area contributed by atoms with Crippen LogP contribution in [0.2, 0.25) is 0 Å². The number of benzene rings is 1. The number of nitrogens with two attached hydrogens (primary N) is 1. The zero-order valence-corrected chi connectivity index (χ0v) is 12.9. The third-order valence-electron chi connectivity index (χ3n) is 3.47. The summed E-state index contributed by atoms with van der Waals surface area (Å²) in [4.78, 5) is 15.7. The molecule has 0 atom stereocenters. The molecule has 0 heterocycles. The Kier molecular flexibility index (Phi) is 7.09. The summed E-state index contributed by atoms with van der Waals surface area (Å²) in [6.07, 6.45) is 2.36. The molecule has 4 heteroatoms. The number of hydrogen-bond acceptors (Lipinski definition) is 2. The third-order valence-corrected chi connectivity index (χ3v) is 3.47. The Morgan fingerprint density at radius 2 is 1.80 bits per heavy atom. The quantitative estimate of drug-likeness (QED) is 0.794. The van der Waals surface area contributed by atoms with Crippen molar-refractivity contribution in [3.63, 3.8) is 0 Å². The monoisotopic (exact) mass is 277 g/mol. The van der Waals surface area contributed by atoms with Crippen LogP contribution in [0.4, 0.5) is 10.5 Å². The molecule has 0 spiro atoms. The minimum atomic E-state index is -0.393. The molecule has 1 rings (SSSR count). The highest BCUT2D eigenvalue weighted by Crippen LogP contribution is 2.13. The molecule has 0 radical (unpaired) electrons. The second-order valence-corrected chi connectivity index (χ2v) is 5.31. The summed E-state index contributed by atoms with van der Waals surface area (Å²) < 4.78 is 0. The number of unbranched alkanes of at least 4 members (excludes halogenated alkanes) is 1. The van der Waals surface area contributed by atoms with Crippen LogP contribution in [-0.4, -0.2) is 36.6 Å². The van der Waals surface area contributed by atoms with Crippen molar-refractivity contribution in [2.75, 3.05) is 24.5 Å². The lowest BCUT2D eigenvalue weighted by Gasteiger charge is -2.29. The van der Waals surface area contributed by atoms with Gasteiger partial charge < -0.3 is 5.73 Å². The van der Waals surface area contributed by atoms with E-state index in [2.05, 4.69) is 25.7 Å². The second-order valence-electron chi connectivity index (χ2n) is 5.31. The van der Waals surface area contributed by atoms with Gasteiger partial charge in [-0.15, -0.1) is 0 Å². The number of para-hydroxylation sites is 1. The van der Waals surface area contributed by atoms with Crippen molar-refractivity contribution in [3.8, 4) is 0 Å². The van der Waals surface area contributed by atoms with Gasteiger partial charge in [-0.1, -0.05) is 31.5 Å². The fraction of sp³-hybridized carbons (Fsp3) is 0.562. The van der Waals surface area contributed by atoms with Crippen LogP contribution in [0.25, 0.3) is 0 Å². The average molecular weight is 277 g/mol. The van der Waals surface area contributed by atoms with Crippen molar-refractivity contribution in [1.29, 1.82) is 0 Å². The zero-order chi connectivity index (χ0) is 15.0. The van der Waals surface area contributed by atoms with Gasteiger partial charge in [0.15, 0.2) is 0 Å². The minimum Gasteiger partial charge on any atom is -0.351 e. The first kappa shape index (κ1) is 16.5. The highest BCUT2D eigenvalue weighted by Gasteiger charge is 2.15. The highest BCUT2D eigenvalue weighted by atomic mass is 16.2. The van der Waals surface area contributed by atoms with Crippen molar-refractivity contribution >= 4 is 11.7 Å². The van der Waals surface area contributed by atoms with Gasteiger partial charge in [-0.3, -0.25) is 9.80 Å². The normalized spacial score (nSPS) is 11.1. The van der Waals surface area contributed by atoms with Gasteiger partial charge in [-0.25, -0.2) is 4.79 Å². The van der Waals surface area contributed by atoms with Gasteiger partial charge in [0.1, 0.15) is 0 Å². The number of urea groups is 1. The van der Waals surface area contributed by atoms with Gasteiger partial charge >= 0.3 is 6.03 Å². The summed E-state index contributed by atoms with van der Waals surface area (Å²) in [5.41, 5.74) is 6.36. The SMILES string of the molecule is CCCCN(CCN(C(N)=O)c1ccccc1)C(C)C. The molecule has 0 aliphatic rings. The number of primary amides is 1. The van der Waals surface area contributed by atoms with Crippen molar-refractivity contribution in [2.24, 2.45) is 5.73 Å². The number of rotatable bonds is 8. The maximum absolute atomic E-state index is 11.6. The topological polar surface area (TPSA) is 49.6 Å². The zero-order valence-electron chi connectivity index (χ0n) is 12.9. The molecule has 0 saturated carbocycles. The van der Waals surface area contributed by atoms with E-state index in [0.29, 0.717) is 12.6 Å². The molecule has 0 saturated heterocycles. The second kappa shape index (κ2) is 8.59. The molecule has 4 nitrogen and oxygen atoms in total. The predicted molar refractivity (Wildman–Crippen MR) is 85.0 cm³/mol. The molecule has 0 unspecified atom stereocenters. The summed E-state index contributed by atoms with van der Waals surface area (Å²) in [5.74, 6) is 0. The number of carbonyl (C=O) groups is 1. The van der Waals surface area contributed by atoms with E-state index in [0.717, 1.165) is 18.8 Å². The van der Waals surface area contributed by atoms with E-state index in [4.69, 9.17) is 5.73 Å². The molecule has 0 bridgehead atoms. The Hall–Kier alpha value is -1.55. The summed E-state index contributed by atoms with van der Waals surface area (Å²) in [6.45, 7) is 9.10. The largest absolute Gasteiger partial charge is 0.351 e. The van der Waals surface area contributed by atoms with E-state index in [9.17, 15) is 4.79 Å². The molecule has 0 aliphatic heterocycles. The number of nitrogens with zero attached hydrogens (tertiary/aromatic N) is 2. The molecule has 112 valence electrons. The third kappa shape index (κ3) is 5.21. The van der Waals surface area contributed by atoms with E-state index in [-0.39, 0.29) is 0 Å². The van der Waals surface area contributed by atoms with E-state index < -0.39 is 6.03 Å². The average Bonchev–Trinajstić information content (AvgIpc) is 2.42. The van der Waals surface area contributed by atoms with Gasteiger partial charge in [0.2, 0.25) is 0 Å². The van der Waals surface area contributed by atoms with Gasteiger partial charge in [0.05, 0.1) is 0 Å². The number of anilines is 1. The number of carbonyl (C=O) groups excluding carboxylic acids is 1. The Balaban J connectivity index is 2.64. The summed E-state index contributed by atoms with van der Waals surface area (Å²) in [5, 5.41) is 0. The molecule has 1 aromatic rings. The fourth-order valence-electron chi connectivity index (χ4n) is 2.19. The first-order valence-electron chi connectivity index (χ1n) is 7.42. The Morgan fingerprint density at radius 1 is 1.15 bits per heavy atom. The van der Waals surface area contributed by atoms with Gasteiger partial charge in [-0.05, 0) is 38.9 Å². The van der Waals surface area contributed by atoms with E-state index in [1.807, 2.05) is 30.3 Å². The van der Waals surface area contributed by atoms with Crippen molar-refractivity contribution in [1.82, 2.24) is 4.90 Å². The van der Waals surface area contributed by atoms with Crippen molar-refractivity contribution in [2.45, 2.75) is 39.7 Å². The highest BCUT2D eigenvalue weighted by molar-refractivity contribution is 5.90. The Labute approximate surface area is 122 Å². The molecule has 0 aromatic heterocycles. The number of amides is 2. The minimum absolute atomic E-state index is 0.393. The molecule has 1 aromatic carbocycles. The lowest BCUT2D eigenvalue weighted by atomic mass is 10.2. The smallest absolute Gasteiger partial charge is 0.319 e. The van der Waals surface area contributed by atoms with Crippen LogP contribution in [-0.2, 0) is 0 Å². The molecule has 2 N–H and O–H groups in total. The Morgan fingerprint density at radius 3 is 2.30 bits per heavy atom. The summed E-state index contributed by atoms with van der Waals surface area (Å²) >= 11 is 0. The van der Waals surface area contributed by atoms with E-state index in [1.54, 1.807) is 4.90 Å². The van der Waals surface area contributed by atoms with Crippen LogP contribution in [0.3, 0.4) is 0 Å². The maximum Gasteiger partial charge on any atom is 0.319 e. The lowest BCUT2D eigenvalue weighted by molar-refractivity contribution is 0.220. The van der Waals surface area contributed by atoms with Crippen LogP contribution < -0.4 is 10.6 Å². The molecule has 20 heavy (non-hydrogen) atoms. The summed E-state index contributed by atoms with van der Waals surface area (Å²) in [7, 11) is 0. The molecule has 0 fully saturated rings. The van der Waals surface area contributed by atoms with Crippen LogP contribution in [0, 0.1) is 0 Å². The first-order chi connectivity index (χ1) is 9.56.